The highest BCUT2D eigenvalue weighted by molar-refractivity contribution is 7.13. The van der Waals surface area contributed by atoms with E-state index >= 15 is 0 Å². The Balaban J connectivity index is 1.78. The Morgan fingerprint density at radius 3 is 2.82 bits per heavy atom. The molecule has 3 rings (SSSR count). The van der Waals surface area contributed by atoms with E-state index in [1.54, 1.807) is 32.4 Å². The minimum atomic E-state index is -0.0186. The van der Waals surface area contributed by atoms with Crippen LogP contribution in [0.5, 0.6) is 11.5 Å². The van der Waals surface area contributed by atoms with Crippen molar-refractivity contribution in [3.8, 4) is 11.5 Å². The van der Waals surface area contributed by atoms with Gasteiger partial charge in [0.2, 0.25) is 5.91 Å². The van der Waals surface area contributed by atoms with Gasteiger partial charge in [-0.15, -0.1) is 11.3 Å². The van der Waals surface area contributed by atoms with Crippen LogP contribution in [0, 0.1) is 5.92 Å². The fourth-order valence-electron chi connectivity index (χ4n) is 2.67. The number of thiazole rings is 1. The van der Waals surface area contributed by atoms with Gasteiger partial charge in [-0.25, -0.2) is 4.98 Å². The van der Waals surface area contributed by atoms with E-state index in [9.17, 15) is 4.79 Å². The van der Waals surface area contributed by atoms with Crippen LogP contribution in [0.2, 0.25) is 0 Å². The third-order valence-electron chi connectivity index (χ3n) is 3.98. The largest absolute Gasteiger partial charge is 0.497 e. The first-order valence-corrected chi connectivity index (χ1v) is 7.92. The summed E-state index contributed by atoms with van der Waals surface area (Å²) in [6.45, 7) is 0. The zero-order valence-corrected chi connectivity index (χ0v) is 13.6. The number of benzene rings is 1. The van der Waals surface area contributed by atoms with Crippen molar-refractivity contribution >= 4 is 22.4 Å². The first-order valence-electron chi connectivity index (χ1n) is 7.04. The average Bonchev–Trinajstić information content (AvgIpc) is 3.16. The van der Waals surface area contributed by atoms with E-state index in [-0.39, 0.29) is 17.7 Å². The second-order valence-electron chi connectivity index (χ2n) is 5.27. The Morgan fingerprint density at radius 1 is 1.36 bits per heavy atom. The topological polar surface area (TPSA) is 51.7 Å². The van der Waals surface area contributed by atoms with Crippen molar-refractivity contribution in [1.82, 2.24) is 4.98 Å². The zero-order valence-electron chi connectivity index (χ0n) is 12.8. The molecule has 0 aliphatic heterocycles. The number of nitrogens with zero attached hydrogens (tertiary/aromatic N) is 2. The molecule has 0 N–H and O–H groups in total. The van der Waals surface area contributed by atoms with E-state index in [0.717, 1.165) is 28.6 Å². The van der Waals surface area contributed by atoms with Gasteiger partial charge in [0, 0.05) is 36.0 Å². The van der Waals surface area contributed by atoms with Gasteiger partial charge in [0.1, 0.15) is 11.5 Å². The fourth-order valence-corrected chi connectivity index (χ4v) is 3.28. The molecule has 1 aliphatic carbocycles. The molecule has 1 aromatic heterocycles. The smallest absolute Gasteiger partial charge is 0.232 e. The van der Waals surface area contributed by atoms with Gasteiger partial charge in [-0.3, -0.25) is 9.69 Å². The molecule has 1 saturated carbocycles. The van der Waals surface area contributed by atoms with Crippen molar-refractivity contribution in [2.24, 2.45) is 5.92 Å². The predicted molar refractivity (Wildman–Crippen MR) is 85.9 cm³/mol. The molecule has 1 aromatic carbocycles. The Hall–Kier alpha value is -2.08. The van der Waals surface area contributed by atoms with Crippen LogP contribution >= 0.6 is 11.3 Å². The maximum Gasteiger partial charge on any atom is 0.232 e. The molecule has 1 heterocycles. The number of aromatic nitrogens is 1. The highest BCUT2D eigenvalue weighted by Crippen LogP contribution is 2.52. The van der Waals surface area contributed by atoms with E-state index < -0.39 is 0 Å². The first-order chi connectivity index (χ1) is 10.7. The summed E-state index contributed by atoms with van der Waals surface area (Å²) in [7, 11) is 5.06. The molecular formula is C16H18N2O3S. The summed E-state index contributed by atoms with van der Waals surface area (Å²) in [5, 5.41) is 2.60. The molecule has 5 nitrogen and oxygen atoms in total. The Morgan fingerprint density at radius 2 is 2.18 bits per heavy atom. The molecule has 0 bridgehead atoms. The van der Waals surface area contributed by atoms with E-state index in [0.29, 0.717) is 0 Å². The second-order valence-corrected chi connectivity index (χ2v) is 6.14. The van der Waals surface area contributed by atoms with Gasteiger partial charge in [0.25, 0.3) is 0 Å². The Labute approximate surface area is 133 Å². The number of hydrogen-bond acceptors (Lipinski definition) is 5. The van der Waals surface area contributed by atoms with Gasteiger partial charge in [0.15, 0.2) is 5.13 Å². The van der Waals surface area contributed by atoms with Crippen LogP contribution in [-0.4, -0.2) is 32.2 Å². The van der Waals surface area contributed by atoms with Crippen LogP contribution in [0.4, 0.5) is 5.13 Å². The van der Waals surface area contributed by atoms with Crippen molar-refractivity contribution < 1.29 is 14.3 Å². The highest BCUT2D eigenvalue weighted by Gasteiger charge is 2.47. The molecule has 0 radical (unpaired) electrons. The summed E-state index contributed by atoms with van der Waals surface area (Å²) in [6.07, 6.45) is 2.54. The lowest BCUT2D eigenvalue weighted by molar-refractivity contribution is -0.119. The normalized spacial score (nSPS) is 19.6. The molecular weight excluding hydrogens is 300 g/mol. The van der Waals surface area contributed by atoms with Crippen molar-refractivity contribution in [2.75, 3.05) is 26.2 Å². The number of carbonyl (C=O) groups is 1. The molecule has 2 atom stereocenters. The molecule has 1 amide bonds. The Bertz CT molecular complexity index is 672. The number of ether oxygens (including phenoxy) is 2. The molecule has 2 aromatic rings. The molecule has 116 valence electrons. The van der Waals surface area contributed by atoms with Crippen LogP contribution in [0.15, 0.2) is 29.8 Å². The molecule has 6 heteroatoms. The summed E-state index contributed by atoms with van der Waals surface area (Å²) >= 11 is 1.46. The molecule has 1 fully saturated rings. The third-order valence-corrected chi connectivity index (χ3v) is 4.83. The average molecular weight is 318 g/mol. The maximum absolute atomic E-state index is 12.6. The number of anilines is 1. The minimum Gasteiger partial charge on any atom is -0.497 e. The van der Waals surface area contributed by atoms with Gasteiger partial charge >= 0.3 is 0 Å². The summed E-state index contributed by atoms with van der Waals surface area (Å²) in [5.41, 5.74) is 1.03. The van der Waals surface area contributed by atoms with Gasteiger partial charge < -0.3 is 9.47 Å². The van der Waals surface area contributed by atoms with Crippen molar-refractivity contribution in [3.05, 3.63) is 35.3 Å². The van der Waals surface area contributed by atoms with Crippen LogP contribution in [-0.2, 0) is 4.79 Å². The fraction of sp³-hybridized carbons (Fsp3) is 0.375. The lowest BCUT2D eigenvalue weighted by Crippen LogP contribution is -2.28. The highest BCUT2D eigenvalue weighted by atomic mass is 32.1. The van der Waals surface area contributed by atoms with Gasteiger partial charge in [0.05, 0.1) is 14.2 Å². The molecule has 22 heavy (non-hydrogen) atoms. The van der Waals surface area contributed by atoms with E-state index in [4.69, 9.17) is 9.47 Å². The van der Waals surface area contributed by atoms with Crippen molar-refractivity contribution in [1.29, 1.82) is 0 Å². The molecule has 2 unspecified atom stereocenters. The molecule has 1 aliphatic rings. The van der Waals surface area contributed by atoms with Crippen LogP contribution in [0.25, 0.3) is 0 Å². The van der Waals surface area contributed by atoms with E-state index in [1.165, 1.54) is 11.3 Å². The minimum absolute atomic E-state index is 0.0186. The quantitative estimate of drug-likeness (QED) is 0.850. The molecule has 0 saturated heterocycles. The summed E-state index contributed by atoms with van der Waals surface area (Å²) in [4.78, 5) is 18.4. The Kier molecular flexibility index (Phi) is 4.02. The van der Waals surface area contributed by atoms with Crippen LogP contribution < -0.4 is 14.4 Å². The number of methoxy groups -OCH3 is 2. The maximum atomic E-state index is 12.6. The first kappa shape index (κ1) is 14.8. The monoisotopic (exact) mass is 318 g/mol. The van der Waals surface area contributed by atoms with Crippen molar-refractivity contribution in [3.63, 3.8) is 0 Å². The van der Waals surface area contributed by atoms with E-state index in [2.05, 4.69) is 4.98 Å². The number of amides is 1. The summed E-state index contributed by atoms with van der Waals surface area (Å²) < 4.78 is 10.7. The second kappa shape index (κ2) is 5.96. The van der Waals surface area contributed by atoms with Gasteiger partial charge in [-0.05, 0) is 24.6 Å². The van der Waals surface area contributed by atoms with Crippen molar-refractivity contribution in [2.45, 2.75) is 12.3 Å². The zero-order chi connectivity index (χ0) is 15.7. The standard InChI is InChI=1S/C16H18N2O3S/c1-18(16-17-6-7-22-16)15(19)13-9-11(13)12-8-10(20-2)4-5-14(12)21-3/h4-8,11,13H,9H2,1-3H3. The number of carbonyl (C=O) groups excluding carboxylic acids is 1. The van der Waals surface area contributed by atoms with Crippen LogP contribution in [0.1, 0.15) is 17.9 Å². The lowest BCUT2D eigenvalue weighted by atomic mass is 10.1. The van der Waals surface area contributed by atoms with Gasteiger partial charge in [-0.1, -0.05) is 0 Å². The predicted octanol–water partition coefficient (Wildman–Crippen LogP) is 2.93. The van der Waals surface area contributed by atoms with Gasteiger partial charge in [-0.2, -0.15) is 0 Å². The summed E-state index contributed by atoms with van der Waals surface area (Å²) in [5.74, 6) is 1.85. The number of rotatable bonds is 5. The number of hydrogen-bond donors (Lipinski definition) is 0. The molecule has 0 spiro atoms. The van der Waals surface area contributed by atoms with E-state index in [1.807, 2.05) is 23.6 Å². The third kappa shape index (κ3) is 2.66. The summed E-state index contributed by atoms with van der Waals surface area (Å²) in [6, 6.07) is 5.71. The SMILES string of the molecule is COc1ccc(OC)c(C2CC2C(=O)N(C)c2nccs2)c1. The lowest BCUT2D eigenvalue weighted by Gasteiger charge is -2.14. The van der Waals surface area contributed by atoms with Crippen LogP contribution in [0.3, 0.4) is 0 Å².